The maximum Gasteiger partial charge on any atom is 0.342 e. The van der Waals surface area contributed by atoms with E-state index in [0.717, 1.165) is 12.1 Å². The average Bonchev–Trinajstić information content (AvgIpc) is 2.21. The van der Waals surface area contributed by atoms with Gasteiger partial charge in [-0.3, -0.25) is 0 Å². The van der Waals surface area contributed by atoms with Gasteiger partial charge in [-0.25, -0.2) is 9.18 Å². The number of halogens is 3. The molecule has 1 aromatic rings. The van der Waals surface area contributed by atoms with Gasteiger partial charge in [-0.1, -0.05) is 23.7 Å². The summed E-state index contributed by atoms with van der Waals surface area (Å²) in [7, 11) is 0. The van der Waals surface area contributed by atoms with Crippen LogP contribution in [0.25, 0.3) is 5.57 Å². The van der Waals surface area contributed by atoms with E-state index in [1.165, 1.54) is 12.1 Å². The summed E-state index contributed by atoms with van der Waals surface area (Å²) >= 11 is 5.17. The molecule has 86 valence electrons. The third kappa shape index (κ3) is 3.03. The first-order valence-corrected chi connectivity index (χ1v) is 4.92. The predicted octanol–water partition coefficient (Wildman–Crippen LogP) is 3.27. The summed E-state index contributed by atoms with van der Waals surface area (Å²) in [5, 5.41) is -1.18. The van der Waals surface area contributed by atoms with E-state index in [9.17, 15) is 13.6 Å². The molecule has 1 aromatic carbocycles. The van der Waals surface area contributed by atoms with E-state index in [1.807, 2.05) is 0 Å². The Morgan fingerprint density at radius 1 is 1.38 bits per heavy atom. The number of rotatable bonds is 3. The number of carbonyl (C=O) groups excluding carboxylic acids is 1. The van der Waals surface area contributed by atoms with Crippen LogP contribution in [0.3, 0.4) is 0 Å². The van der Waals surface area contributed by atoms with Gasteiger partial charge in [0.1, 0.15) is 11.4 Å². The Morgan fingerprint density at radius 3 is 2.38 bits per heavy atom. The molecular weight excluding hydrogens is 238 g/mol. The fraction of sp³-hybridized carbons (Fsp3) is 0.182. The minimum atomic E-state index is -1.18. The lowest BCUT2D eigenvalue weighted by atomic mass is 10.1. The molecule has 0 radical (unpaired) electrons. The van der Waals surface area contributed by atoms with Crippen LogP contribution >= 0.6 is 11.6 Å². The third-order valence-electron chi connectivity index (χ3n) is 1.80. The Morgan fingerprint density at radius 2 is 1.94 bits per heavy atom. The van der Waals surface area contributed by atoms with Crippen molar-refractivity contribution in [3.05, 3.63) is 40.9 Å². The number of carbonyl (C=O) groups is 1. The van der Waals surface area contributed by atoms with Gasteiger partial charge >= 0.3 is 5.97 Å². The molecule has 0 unspecified atom stereocenters. The Hall–Kier alpha value is -1.42. The Labute approximate surface area is 96.5 Å². The van der Waals surface area contributed by atoms with E-state index in [1.54, 1.807) is 6.92 Å². The van der Waals surface area contributed by atoms with E-state index in [0.29, 0.717) is 0 Å². The van der Waals surface area contributed by atoms with Crippen molar-refractivity contribution in [2.75, 3.05) is 6.61 Å². The monoisotopic (exact) mass is 246 g/mol. The first-order chi connectivity index (χ1) is 7.56. The number of esters is 1. The van der Waals surface area contributed by atoms with E-state index < -0.39 is 22.6 Å². The predicted molar refractivity (Wildman–Crippen MR) is 56.9 cm³/mol. The van der Waals surface area contributed by atoms with Gasteiger partial charge in [0.25, 0.3) is 0 Å². The van der Waals surface area contributed by atoms with Crippen LogP contribution in [0.4, 0.5) is 8.78 Å². The fourth-order valence-corrected chi connectivity index (χ4v) is 1.31. The molecule has 0 bridgehead atoms. The Balaban J connectivity index is 3.10. The topological polar surface area (TPSA) is 26.3 Å². The van der Waals surface area contributed by atoms with Gasteiger partial charge in [0.15, 0.2) is 0 Å². The largest absolute Gasteiger partial charge is 0.462 e. The molecule has 0 spiro atoms. The van der Waals surface area contributed by atoms with Crippen molar-refractivity contribution in [3.8, 4) is 0 Å². The van der Waals surface area contributed by atoms with Gasteiger partial charge in [0.05, 0.1) is 6.61 Å². The first-order valence-electron chi connectivity index (χ1n) is 4.54. The molecule has 0 aliphatic heterocycles. The first kappa shape index (κ1) is 12.6. The molecule has 0 heterocycles. The lowest BCUT2D eigenvalue weighted by molar-refractivity contribution is -0.136. The molecule has 0 fully saturated rings. The normalized spacial score (nSPS) is 12.0. The van der Waals surface area contributed by atoms with Gasteiger partial charge in [-0.2, -0.15) is 4.39 Å². The summed E-state index contributed by atoms with van der Waals surface area (Å²) in [6, 6.07) is 4.72. The van der Waals surface area contributed by atoms with E-state index in [4.69, 9.17) is 11.6 Å². The quantitative estimate of drug-likeness (QED) is 0.604. The maximum atomic E-state index is 13.0. The molecular formula is C11H9ClF2O2. The SMILES string of the molecule is CCOC(=O)C(=C(F)Cl)c1ccc(F)cc1. The summed E-state index contributed by atoms with van der Waals surface area (Å²) in [6.07, 6.45) is 0. The molecule has 0 atom stereocenters. The number of ether oxygens (including phenoxy) is 1. The number of hydrogen-bond donors (Lipinski definition) is 0. The van der Waals surface area contributed by atoms with Crippen molar-refractivity contribution in [2.45, 2.75) is 6.92 Å². The van der Waals surface area contributed by atoms with Crippen LogP contribution in [0.5, 0.6) is 0 Å². The van der Waals surface area contributed by atoms with Crippen LogP contribution in [-0.2, 0) is 9.53 Å². The molecule has 0 saturated carbocycles. The molecule has 16 heavy (non-hydrogen) atoms. The molecule has 2 nitrogen and oxygen atoms in total. The summed E-state index contributed by atoms with van der Waals surface area (Å²) in [6.45, 7) is 1.69. The van der Waals surface area contributed by atoms with Crippen LogP contribution in [-0.4, -0.2) is 12.6 Å². The molecule has 0 aliphatic carbocycles. The second-order valence-electron chi connectivity index (χ2n) is 2.86. The van der Waals surface area contributed by atoms with Gasteiger partial charge in [0.2, 0.25) is 5.29 Å². The summed E-state index contributed by atoms with van der Waals surface area (Å²) in [4.78, 5) is 11.4. The molecule has 0 saturated heterocycles. The maximum absolute atomic E-state index is 13.0. The van der Waals surface area contributed by atoms with Gasteiger partial charge < -0.3 is 4.74 Å². The highest BCUT2D eigenvalue weighted by Gasteiger charge is 2.18. The van der Waals surface area contributed by atoms with Crippen LogP contribution < -0.4 is 0 Å². The molecule has 0 N–H and O–H groups in total. The average molecular weight is 247 g/mol. The van der Waals surface area contributed by atoms with Crippen LogP contribution in [0.2, 0.25) is 0 Å². The van der Waals surface area contributed by atoms with Gasteiger partial charge in [0, 0.05) is 0 Å². The summed E-state index contributed by atoms with van der Waals surface area (Å²) < 4.78 is 30.3. The van der Waals surface area contributed by atoms with E-state index >= 15 is 0 Å². The molecule has 0 aliphatic rings. The number of benzene rings is 1. The Bertz CT molecular complexity index is 408. The van der Waals surface area contributed by atoms with Crippen molar-refractivity contribution in [1.29, 1.82) is 0 Å². The zero-order valence-electron chi connectivity index (χ0n) is 8.47. The van der Waals surface area contributed by atoms with Crippen LogP contribution in [0.15, 0.2) is 29.6 Å². The second kappa shape index (κ2) is 5.61. The minimum Gasteiger partial charge on any atom is -0.462 e. The summed E-state index contributed by atoms with van der Waals surface area (Å²) in [5.74, 6) is -1.36. The molecule has 1 rings (SSSR count). The van der Waals surface area contributed by atoms with Crippen molar-refractivity contribution in [3.63, 3.8) is 0 Å². The van der Waals surface area contributed by atoms with Gasteiger partial charge in [-0.15, -0.1) is 0 Å². The highest BCUT2D eigenvalue weighted by molar-refractivity contribution is 6.37. The number of hydrogen-bond acceptors (Lipinski definition) is 2. The van der Waals surface area contributed by atoms with Crippen molar-refractivity contribution >= 4 is 23.1 Å². The van der Waals surface area contributed by atoms with Crippen LogP contribution in [0.1, 0.15) is 12.5 Å². The summed E-state index contributed by atoms with van der Waals surface area (Å²) in [5.41, 5.74) is -0.226. The minimum absolute atomic E-state index is 0.105. The molecule has 5 heteroatoms. The molecule has 0 aromatic heterocycles. The fourth-order valence-electron chi connectivity index (χ4n) is 1.12. The Kier molecular flexibility index (Phi) is 4.43. The lowest BCUT2D eigenvalue weighted by Crippen LogP contribution is -2.07. The highest BCUT2D eigenvalue weighted by Crippen LogP contribution is 2.24. The van der Waals surface area contributed by atoms with Crippen LogP contribution in [0, 0.1) is 5.82 Å². The lowest BCUT2D eigenvalue weighted by Gasteiger charge is -2.06. The third-order valence-corrected chi connectivity index (χ3v) is 1.99. The second-order valence-corrected chi connectivity index (χ2v) is 3.19. The van der Waals surface area contributed by atoms with Crippen molar-refractivity contribution < 1.29 is 18.3 Å². The zero-order chi connectivity index (χ0) is 12.1. The van der Waals surface area contributed by atoms with E-state index in [-0.39, 0.29) is 12.2 Å². The highest BCUT2D eigenvalue weighted by atomic mass is 35.5. The van der Waals surface area contributed by atoms with Crippen molar-refractivity contribution in [2.24, 2.45) is 0 Å². The van der Waals surface area contributed by atoms with Crippen molar-refractivity contribution in [1.82, 2.24) is 0 Å². The standard InChI is InChI=1S/C11H9ClF2O2/c1-2-16-11(15)9(10(12)14)7-3-5-8(13)6-4-7/h3-6H,2H2,1H3. The van der Waals surface area contributed by atoms with Gasteiger partial charge in [-0.05, 0) is 24.6 Å². The molecule has 0 amide bonds. The zero-order valence-corrected chi connectivity index (χ0v) is 9.22. The van der Waals surface area contributed by atoms with E-state index in [2.05, 4.69) is 4.74 Å². The smallest absolute Gasteiger partial charge is 0.342 e.